The molecule has 2 nitrogen and oxygen atoms in total. The highest BCUT2D eigenvalue weighted by atomic mass is 16.1. The molecular weight excluding hydrogens is 222 g/mol. The van der Waals surface area contributed by atoms with E-state index in [4.69, 9.17) is 0 Å². The van der Waals surface area contributed by atoms with E-state index in [0.29, 0.717) is 0 Å². The van der Waals surface area contributed by atoms with E-state index in [0.717, 1.165) is 12.3 Å². The van der Waals surface area contributed by atoms with E-state index in [-0.39, 0.29) is 11.9 Å². The Balaban J connectivity index is 2.02. The normalized spacial score (nSPS) is 18.3. The lowest BCUT2D eigenvalue weighted by molar-refractivity contribution is -0.119. The zero-order valence-corrected chi connectivity index (χ0v) is 11.2. The monoisotopic (exact) mass is 245 g/mol. The first-order chi connectivity index (χ1) is 8.75. The summed E-state index contributed by atoms with van der Waals surface area (Å²) < 4.78 is 0. The second kappa shape index (κ2) is 6.58. The maximum absolute atomic E-state index is 11.4. The predicted molar refractivity (Wildman–Crippen MR) is 74.2 cm³/mol. The first kappa shape index (κ1) is 13.1. The fraction of sp³-hybridized carbons (Fsp3) is 0.562. The summed E-state index contributed by atoms with van der Waals surface area (Å²) in [5.74, 6) is 0.843. The number of rotatable bonds is 4. The Bertz CT molecular complexity index is 368. The van der Waals surface area contributed by atoms with Gasteiger partial charge in [0.15, 0.2) is 0 Å². The Morgan fingerprint density at radius 2 is 1.89 bits per heavy atom. The zero-order chi connectivity index (χ0) is 12.8. The Morgan fingerprint density at radius 3 is 2.50 bits per heavy atom. The van der Waals surface area contributed by atoms with Gasteiger partial charge in [0.05, 0.1) is 6.04 Å². The van der Waals surface area contributed by atoms with Crippen molar-refractivity contribution in [3.8, 4) is 0 Å². The molecule has 1 aliphatic rings. The number of carbonyl (C=O) groups excluding carboxylic acids is 1. The second-order valence-corrected chi connectivity index (χ2v) is 5.40. The summed E-state index contributed by atoms with van der Waals surface area (Å²) in [6, 6.07) is 10.5. The highest BCUT2D eigenvalue weighted by Gasteiger charge is 2.20. The van der Waals surface area contributed by atoms with E-state index in [1.54, 1.807) is 6.92 Å². The van der Waals surface area contributed by atoms with E-state index < -0.39 is 0 Å². The predicted octanol–water partition coefficient (Wildman–Crippen LogP) is 3.83. The average Bonchev–Trinajstić information content (AvgIpc) is 2.40. The van der Waals surface area contributed by atoms with Crippen molar-refractivity contribution in [3.63, 3.8) is 0 Å². The third-order valence-electron chi connectivity index (χ3n) is 3.87. The van der Waals surface area contributed by atoms with E-state index in [2.05, 4.69) is 17.4 Å². The first-order valence-electron chi connectivity index (χ1n) is 7.08. The van der Waals surface area contributed by atoms with E-state index in [9.17, 15) is 4.79 Å². The molecule has 0 aromatic heterocycles. The van der Waals surface area contributed by atoms with Gasteiger partial charge in [-0.15, -0.1) is 0 Å². The lowest BCUT2D eigenvalue weighted by atomic mass is 9.83. The molecule has 2 heteroatoms. The van der Waals surface area contributed by atoms with Gasteiger partial charge in [-0.25, -0.2) is 0 Å². The van der Waals surface area contributed by atoms with Crippen LogP contribution >= 0.6 is 0 Å². The minimum Gasteiger partial charge on any atom is -0.350 e. The topological polar surface area (TPSA) is 29.1 Å². The molecule has 1 amide bonds. The summed E-state index contributed by atoms with van der Waals surface area (Å²) in [6.45, 7) is 1.61. The summed E-state index contributed by atoms with van der Waals surface area (Å²) in [6.07, 6.45) is 7.82. The van der Waals surface area contributed by atoms with Crippen LogP contribution in [0.2, 0.25) is 0 Å². The zero-order valence-electron chi connectivity index (χ0n) is 11.2. The van der Waals surface area contributed by atoms with E-state index in [1.165, 1.54) is 37.7 Å². The average molecular weight is 245 g/mol. The smallest absolute Gasteiger partial charge is 0.217 e. The van der Waals surface area contributed by atoms with Crippen LogP contribution < -0.4 is 5.32 Å². The molecule has 1 N–H and O–H groups in total. The molecule has 1 saturated carbocycles. The first-order valence-corrected chi connectivity index (χ1v) is 7.08. The molecule has 1 aliphatic carbocycles. The van der Waals surface area contributed by atoms with Crippen LogP contribution in [-0.4, -0.2) is 5.91 Å². The minimum atomic E-state index is 0.0691. The summed E-state index contributed by atoms with van der Waals surface area (Å²) in [5, 5.41) is 3.10. The SMILES string of the molecule is CC(=O)N[C@H](CC1CCCCC1)c1ccccc1. The van der Waals surface area contributed by atoms with Crippen LogP contribution in [0.1, 0.15) is 57.1 Å². The minimum absolute atomic E-state index is 0.0691. The van der Waals surface area contributed by atoms with Gasteiger partial charge < -0.3 is 5.32 Å². The highest BCUT2D eigenvalue weighted by molar-refractivity contribution is 5.73. The van der Waals surface area contributed by atoms with Gasteiger partial charge in [-0.2, -0.15) is 0 Å². The van der Waals surface area contributed by atoms with Gasteiger partial charge in [-0.1, -0.05) is 62.4 Å². The highest BCUT2D eigenvalue weighted by Crippen LogP contribution is 2.31. The molecule has 98 valence electrons. The Morgan fingerprint density at radius 1 is 1.22 bits per heavy atom. The van der Waals surface area contributed by atoms with Crippen molar-refractivity contribution >= 4 is 5.91 Å². The van der Waals surface area contributed by atoms with Crippen LogP contribution in [0.5, 0.6) is 0 Å². The van der Waals surface area contributed by atoms with Gasteiger partial charge in [0, 0.05) is 6.92 Å². The molecule has 0 spiro atoms. The fourth-order valence-electron chi connectivity index (χ4n) is 2.97. The molecule has 0 bridgehead atoms. The number of carbonyl (C=O) groups is 1. The summed E-state index contributed by atoms with van der Waals surface area (Å²) in [7, 11) is 0. The van der Waals surface area contributed by atoms with Crippen molar-refractivity contribution in [3.05, 3.63) is 35.9 Å². The second-order valence-electron chi connectivity index (χ2n) is 5.40. The quantitative estimate of drug-likeness (QED) is 0.858. The maximum Gasteiger partial charge on any atom is 0.217 e. The van der Waals surface area contributed by atoms with Crippen LogP contribution in [0, 0.1) is 5.92 Å². The number of hydrogen-bond donors (Lipinski definition) is 1. The molecule has 0 saturated heterocycles. The number of amides is 1. The maximum atomic E-state index is 11.4. The standard InChI is InChI=1S/C16H23NO/c1-13(18)17-16(15-10-6-3-7-11-15)12-14-8-4-2-5-9-14/h3,6-7,10-11,14,16H,2,4-5,8-9,12H2,1H3,(H,17,18)/t16-/m1/s1. The van der Waals surface area contributed by atoms with Gasteiger partial charge in [0.2, 0.25) is 5.91 Å². The molecule has 2 rings (SSSR count). The van der Waals surface area contributed by atoms with Gasteiger partial charge in [0.25, 0.3) is 0 Å². The van der Waals surface area contributed by atoms with Crippen LogP contribution in [0.25, 0.3) is 0 Å². The van der Waals surface area contributed by atoms with Crippen molar-refractivity contribution < 1.29 is 4.79 Å². The molecule has 0 unspecified atom stereocenters. The Kier molecular flexibility index (Phi) is 4.80. The molecule has 0 radical (unpaired) electrons. The largest absolute Gasteiger partial charge is 0.350 e. The molecule has 1 aromatic rings. The molecule has 1 atom stereocenters. The van der Waals surface area contributed by atoms with E-state index >= 15 is 0 Å². The summed E-state index contributed by atoms with van der Waals surface area (Å²) in [4.78, 5) is 11.4. The molecule has 18 heavy (non-hydrogen) atoms. The van der Waals surface area contributed by atoms with E-state index in [1.807, 2.05) is 18.2 Å². The van der Waals surface area contributed by atoms with Gasteiger partial charge in [-0.3, -0.25) is 4.79 Å². The van der Waals surface area contributed by atoms with Crippen molar-refractivity contribution in [2.24, 2.45) is 5.92 Å². The summed E-state index contributed by atoms with van der Waals surface area (Å²) >= 11 is 0. The van der Waals surface area contributed by atoms with Crippen molar-refractivity contribution in [2.45, 2.75) is 51.5 Å². The lowest BCUT2D eigenvalue weighted by Crippen LogP contribution is -2.28. The fourth-order valence-corrected chi connectivity index (χ4v) is 2.97. The number of hydrogen-bond acceptors (Lipinski definition) is 1. The Hall–Kier alpha value is -1.31. The number of nitrogens with one attached hydrogen (secondary N) is 1. The van der Waals surface area contributed by atoms with Gasteiger partial charge in [-0.05, 0) is 17.9 Å². The summed E-state index contributed by atoms with van der Waals surface area (Å²) in [5.41, 5.74) is 1.23. The van der Waals surface area contributed by atoms with Crippen LogP contribution in [0.3, 0.4) is 0 Å². The lowest BCUT2D eigenvalue weighted by Gasteiger charge is -2.27. The Labute approximate surface area is 110 Å². The van der Waals surface area contributed by atoms with Crippen molar-refractivity contribution in [1.29, 1.82) is 0 Å². The van der Waals surface area contributed by atoms with Crippen LogP contribution in [0.4, 0.5) is 0 Å². The van der Waals surface area contributed by atoms with Crippen LogP contribution in [-0.2, 0) is 4.79 Å². The van der Waals surface area contributed by atoms with Gasteiger partial charge in [0.1, 0.15) is 0 Å². The molecular formula is C16H23NO. The number of benzene rings is 1. The van der Waals surface area contributed by atoms with Crippen molar-refractivity contribution in [1.82, 2.24) is 5.32 Å². The van der Waals surface area contributed by atoms with Crippen LogP contribution in [0.15, 0.2) is 30.3 Å². The van der Waals surface area contributed by atoms with Gasteiger partial charge >= 0.3 is 0 Å². The van der Waals surface area contributed by atoms with Crippen molar-refractivity contribution in [2.75, 3.05) is 0 Å². The third-order valence-corrected chi connectivity index (χ3v) is 3.87. The molecule has 1 aromatic carbocycles. The molecule has 1 fully saturated rings. The third kappa shape index (κ3) is 3.86. The molecule has 0 heterocycles. The molecule has 0 aliphatic heterocycles.